The summed E-state index contributed by atoms with van der Waals surface area (Å²) < 4.78 is 48.0. The first-order chi connectivity index (χ1) is 11.4. The Morgan fingerprint density at radius 2 is 1.88 bits per heavy atom. The Bertz CT molecular complexity index is 563. The van der Waals surface area contributed by atoms with Crippen molar-refractivity contribution in [2.75, 3.05) is 19.8 Å². The molecular weight excluding hydrogens is 347 g/mol. The zero-order chi connectivity index (χ0) is 17.9. The van der Waals surface area contributed by atoms with E-state index >= 15 is 0 Å². The average Bonchev–Trinajstić information content (AvgIpc) is 2.47. The second-order valence-corrected chi connectivity index (χ2v) is 5.36. The van der Waals surface area contributed by atoms with E-state index in [-0.39, 0.29) is 29.7 Å². The minimum Gasteiger partial charge on any atom is -0.489 e. The molecule has 0 saturated heterocycles. The molecule has 0 aliphatic carbocycles. The summed E-state index contributed by atoms with van der Waals surface area (Å²) in [5.41, 5.74) is 0.826. The summed E-state index contributed by atoms with van der Waals surface area (Å²) in [6.07, 6.45) is 0.0263. The Balaban J connectivity index is 2.43. The lowest BCUT2D eigenvalue weighted by Gasteiger charge is -2.11. The number of halogens is 4. The van der Waals surface area contributed by atoms with Crippen molar-refractivity contribution in [1.82, 2.24) is 0 Å². The number of hydrogen-bond donors (Lipinski definition) is 0. The number of nitrogens with zero attached hydrogens (tertiary/aromatic N) is 1. The molecule has 0 bridgehead atoms. The monoisotopic (exact) mass is 365 g/mol. The number of benzene rings is 1. The van der Waals surface area contributed by atoms with E-state index < -0.39 is 11.9 Å². The molecule has 0 aromatic heterocycles. The van der Waals surface area contributed by atoms with Gasteiger partial charge in [-0.3, -0.25) is 0 Å². The predicted octanol–water partition coefficient (Wildman–Crippen LogP) is 5.21. The van der Waals surface area contributed by atoms with E-state index in [9.17, 15) is 13.2 Å². The summed E-state index contributed by atoms with van der Waals surface area (Å²) >= 11 is 5.92. The summed E-state index contributed by atoms with van der Waals surface area (Å²) in [4.78, 5) is 5.02. The first kappa shape index (κ1) is 20.2. The summed E-state index contributed by atoms with van der Waals surface area (Å²) in [7, 11) is 0. The third kappa shape index (κ3) is 8.10. The SMILES string of the molecule is CC(C)=NOCCCCOc1c(F)cc(OCC=C(F)F)cc1Cl. The number of unbranched alkanes of at least 4 members (excludes halogenated alkanes) is 1. The highest BCUT2D eigenvalue weighted by Gasteiger charge is 2.12. The van der Waals surface area contributed by atoms with Crippen molar-refractivity contribution in [2.24, 2.45) is 5.16 Å². The Labute approximate surface area is 143 Å². The molecule has 134 valence electrons. The van der Waals surface area contributed by atoms with E-state index in [1.807, 2.05) is 13.8 Å². The van der Waals surface area contributed by atoms with Crippen LogP contribution in [0.15, 0.2) is 29.4 Å². The van der Waals surface area contributed by atoms with Gasteiger partial charge in [-0.15, -0.1) is 0 Å². The second-order valence-electron chi connectivity index (χ2n) is 4.95. The van der Waals surface area contributed by atoms with E-state index in [1.165, 1.54) is 6.07 Å². The molecule has 1 aromatic carbocycles. The molecule has 0 aliphatic heterocycles. The van der Waals surface area contributed by atoms with Gasteiger partial charge in [0.1, 0.15) is 19.0 Å². The first-order valence-electron chi connectivity index (χ1n) is 7.29. The standard InChI is InChI=1S/C16H19ClF3NO3/c1-11(2)21-24-7-4-3-6-23-16-13(17)9-12(10-14(16)18)22-8-5-15(19)20/h5,9-10H,3-4,6-8H2,1-2H3. The second kappa shape index (κ2) is 10.8. The van der Waals surface area contributed by atoms with Crippen LogP contribution in [0.3, 0.4) is 0 Å². The molecule has 1 rings (SSSR count). The van der Waals surface area contributed by atoms with Crippen molar-refractivity contribution in [2.45, 2.75) is 26.7 Å². The molecule has 0 atom stereocenters. The molecule has 0 saturated carbocycles. The average molecular weight is 366 g/mol. The fraction of sp³-hybridized carbons (Fsp3) is 0.438. The zero-order valence-electron chi connectivity index (χ0n) is 13.5. The van der Waals surface area contributed by atoms with Crippen LogP contribution in [0.2, 0.25) is 5.02 Å². The van der Waals surface area contributed by atoms with E-state index in [2.05, 4.69) is 5.16 Å². The minimum absolute atomic E-state index is 0.0113. The van der Waals surface area contributed by atoms with Gasteiger partial charge in [-0.25, -0.2) is 4.39 Å². The van der Waals surface area contributed by atoms with Crippen molar-refractivity contribution in [1.29, 1.82) is 0 Å². The molecule has 0 fully saturated rings. The van der Waals surface area contributed by atoms with Crippen LogP contribution < -0.4 is 9.47 Å². The number of oxime groups is 1. The first-order valence-corrected chi connectivity index (χ1v) is 7.67. The molecule has 0 unspecified atom stereocenters. The molecule has 1 aromatic rings. The maximum Gasteiger partial charge on any atom is 0.269 e. The van der Waals surface area contributed by atoms with Crippen LogP contribution in [0.4, 0.5) is 13.2 Å². The Morgan fingerprint density at radius 1 is 1.17 bits per heavy atom. The van der Waals surface area contributed by atoms with E-state index in [0.717, 1.165) is 11.8 Å². The van der Waals surface area contributed by atoms with Crippen molar-refractivity contribution in [3.8, 4) is 11.5 Å². The highest BCUT2D eigenvalue weighted by molar-refractivity contribution is 6.32. The lowest BCUT2D eigenvalue weighted by atomic mass is 10.3. The molecule has 8 heteroatoms. The Morgan fingerprint density at radius 3 is 2.50 bits per heavy atom. The van der Waals surface area contributed by atoms with Crippen molar-refractivity contribution >= 4 is 17.3 Å². The predicted molar refractivity (Wildman–Crippen MR) is 86.7 cm³/mol. The maximum absolute atomic E-state index is 13.9. The number of hydrogen-bond acceptors (Lipinski definition) is 4. The third-order valence-corrected chi connectivity index (χ3v) is 2.86. The van der Waals surface area contributed by atoms with Crippen molar-refractivity contribution in [3.05, 3.63) is 35.1 Å². The fourth-order valence-corrected chi connectivity index (χ4v) is 1.83. The van der Waals surface area contributed by atoms with Gasteiger partial charge in [-0.1, -0.05) is 16.8 Å². The van der Waals surface area contributed by atoms with Gasteiger partial charge < -0.3 is 14.3 Å². The van der Waals surface area contributed by atoms with Gasteiger partial charge in [0, 0.05) is 18.2 Å². The van der Waals surface area contributed by atoms with Crippen molar-refractivity contribution < 1.29 is 27.5 Å². The normalized spacial score (nSPS) is 10.1. The van der Waals surface area contributed by atoms with Crippen LogP contribution in [0.1, 0.15) is 26.7 Å². The highest BCUT2D eigenvalue weighted by Crippen LogP contribution is 2.32. The molecule has 0 N–H and O–H groups in total. The molecular formula is C16H19ClF3NO3. The zero-order valence-corrected chi connectivity index (χ0v) is 14.2. The van der Waals surface area contributed by atoms with Crippen LogP contribution in [-0.2, 0) is 4.84 Å². The van der Waals surface area contributed by atoms with Crippen LogP contribution in [0.5, 0.6) is 11.5 Å². The van der Waals surface area contributed by atoms with Gasteiger partial charge in [0.05, 0.1) is 17.3 Å². The molecule has 24 heavy (non-hydrogen) atoms. The van der Waals surface area contributed by atoms with Crippen molar-refractivity contribution in [3.63, 3.8) is 0 Å². The topological polar surface area (TPSA) is 40.0 Å². The molecule has 0 amide bonds. The Kier molecular flexibility index (Phi) is 9.07. The molecule has 0 heterocycles. The highest BCUT2D eigenvalue weighted by atomic mass is 35.5. The van der Waals surface area contributed by atoms with E-state index in [4.69, 9.17) is 25.9 Å². The summed E-state index contributed by atoms with van der Waals surface area (Å²) in [5, 5.41) is 3.79. The van der Waals surface area contributed by atoms with Gasteiger partial charge in [-0.2, -0.15) is 8.78 Å². The number of rotatable bonds is 10. The van der Waals surface area contributed by atoms with Gasteiger partial charge in [0.25, 0.3) is 6.08 Å². The molecule has 0 spiro atoms. The molecule has 0 radical (unpaired) electrons. The third-order valence-electron chi connectivity index (χ3n) is 2.58. The fourth-order valence-electron chi connectivity index (χ4n) is 1.58. The molecule has 0 aliphatic rings. The Hall–Kier alpha value is -1.89. The minimum atomic E-state index is -1.87. The summed E-state index contributed by atoms with van der Waals surface area (Å²) in [5.74, 6) is -0.771. The maximum atomic E-state index is 13.9. The van der Waals surface area contributed by atoms with Crippen LogP contribution in [-0.4, -0.2) is 25.5 Å². The quantitative estimate of drug-likeness (QED) is 0.324. The van der Waals surface area contributed by atoms with Gasteiger partial charge in [0.2, 0.25) is 0 Å². The van der Waals surface area contributed by atoms with Gasteiger partial charge in [0.15, 0.2) is 11.6 Å². The lowest BCUT2D eigenvalue weighted by molar-refractivity contribution is 0.135. The van der Waals surface area contributed by atoms with Crippen LogP contribution in [0.25, 0.3) is 0 Å². The van der Waals surface area contributed by atoms with Crippen LogP contribution >= 0.6 is 11.6 Å². The van der Waals surface area contributed by atoms with E-state index in [1.54, 1.807) is 0 Å². The lowest BCUT2D eigenvalue weighted by Crippen LogP contribution is -2.03. The summed E-state index contributed by atoms with van der Waals surface area (Å²) in [6, 6.07) is 2.35. The number of ether oxygens (including phenoxy) is 2. The van der Waals surface area contributed by atoms with Gasteiger partial charge >= 0.3 is 0 Å². The molecule has 4 nitrogen and oxygen atoms in total. The van der Waals surface area contributed by atoms with Crippen LogP contribution in [0, 0.1) is 5.82 Å². The van der Waals surface area contributed by atoms with Gasteiger partial charge in [-0.05, 0) is 26.7 Å². The largest absolute Gasteiger partial charge is 0.489 e. The smallest absolute Gasteiger partial charge is 0.269 e. The van der Waals surface area contributed by atoms with E-state index in [0.29, 0.717) is 25.5 Å². The summed E-state index contributed by atoms with van der Waals surface area (Å²) in [6.45, 7) is 3.97.